The van der Waals surface area contributed by atoms with E-state index in [1.165, 1.54) is 13.3 Å². The Labute approximate surface area is 88.9 Å². The number of aryl methyl sites for hydroxylation is 1. The Morgan fingerprint density at radius 3 is 2.53 bits per heavy atom. The Balaban J connectivity index is 3.36. The SMILES string of the molecule is CCc1ccc(OC)c(OC=N)c1C=N. The van der Waals surface area contributed by atoms with Gasteiger partial charge in [0.2, 0.25) is 0 Å². The maximum Gasteiger partial charge on any atom is 0.179 e. The molecule has 0 amide bonds. The van der Waals surface area contributed by atoms with Crippen LogP contribution >= 0.6 is 0 Å². The number of hydrogen-bond acceptors (Lipinski definition) is 4. The van der Waals surface area contributed by atoms with Gasteiger partial charge in [0.05, 0.1) is 7.11 Å². The Kier molecular flexibility index (Phi) is 3.85. The molecule has 1 aromatic rings. The van der Waals surface area contributed by atoms with Crippen LogP contribution in [0.2, 0.25) is 0 Å². The van der Waals surface area contributed by atoms with Crippen LogP contribution < -0.4 is 9.47 Å². The van der Waals surface area contributed by atoms with Gasteiger partial charge in [0.25, 0.3) is 0 Å². The van der Waals surface area contributed by atoms with Crippen molar-refractivity contribution in [3.05, 3.63) is 23.3 Å². The lowest BCUT2D eigenvalue weighted by Crippen LogP contribution is -2.01. The summed E-state index contributed by atoms with van der Waals surface area (Å²) in [6.07, 6.45) is 2.87. The highest BCUT2D eigenvalue weighted by molar-refractivity contribution is 5.86. The van der Waals surface area contributed by atoms with E-state index in [4.69, 9.17) is 20.3 Å². The average Bonchev–Trinajstić information content (AvgIpc) is 2.28. The van der Waals surface area contributed by atoms with Crippen molar-refractivity contribution in [2.45, 2.75) is 13.3 Å². The average molecular weight is 206 g/mol. The largest absolute Gasteiger partial charge is 0.493 e. The smallest absolute Gasteiger partial charge is 0.179 e. The summed E-state index contributed by atoms with van der Waals surface area (Å²) in [5, 5.41) is 14.3. The van der Waals surface area contributed by atoms with E-state index >= 15 is 0 Å². The minimum atomic E-state index is 0.432. The molecule has 0 aliphatic heterocycles. The zero-order valence-electron chi connectivity index (χ0n) is 8.83. The summed E-state index contributed by atoms with van der Waals surface area (Å²) in [4.78, 5) is 0. The standard InChI is InChI=1S/C11H14N2O2/c1-3-8-4-5-10(14-2)11(15-7-13)9(8)6-12/h4-7,12-13H,3H2,1-2H3. The molecule has 0 heterocycles. The Hall–Kier alpha value is -1.84. The Morgan fingerprint density at radius 2 is 2.07 bits per heavy atom. The van der Waals surface area contributed by atoms with Gasteiger partial charge in [-0.25, -0.2) is 0 Å². The van der Waals surface area contributed by atoms with E-state index in [1.54, 1.807) is 6.07 Å². The molecule has 2 N–H and O–H groups in total. The van der Waals surface area contributed by atoms with Gasteiger partial charge in [0.1, 0.15) is 0 Å². The first-order chi connectivity index (χ1) is 7.28. The highest BCUT2D eigenvalue weighted by Crippen LogP contribution is 2.32. The van der Waals surface area contributed by atoms with E-state index < -0.39 is 0 Å². The molecule has 0 saturated heterocycles. The second-order valence-electron chi connectivity index (χ2n) is 2.90. The molecule has 1 aromatic carbocycles. The van der Waals surface area contributed by atoms with Crippen molar-refractivity contribution in [3.8, 4) is 11.5 Å². The molecule has 0 radical (unpaired) electrons. The maximum atomic E-state index is 7.34. The number of rotatable bonds is 5. The minimum Gasteiger partial charge on any atom is -0.493 e. The number of methoxy groups -OCH3 is 1. The van der Waals surface area contributed by atoms with E-state index in [-0.39, 0.29) is 0 Å². The molecular weight excluding hydrogens is 192 g/mol. The molecule has 0 atom stereocenters. The summed E-state index contributed by atoms with van der Waals surface area (Å²) in [6, 6.07) is 3.68. The van der Waals surface area contributed by atoms with Crippen LogP contribution in [0.5, 0.6) is 11.5 Å². The molecule has 0 unspecified atom stereocenters. The lowest BCUT2D eigenvalue weighted by Gasteiger charge is -2.12. The van der Waals surface area contributed by atoms with Gasteiger partial charge in [-0.05, 0) is 18.1 Å². The molecule has 80 valence electrons. The lowest BCUT2D eigenvalue weighted by atomic mass is 10.0. The van der Waals surface area contributed by atoms with Gasteiger partial charge in [-0.15, -0.1) is 0 Å². The van der Waals surface area contributed by atoms with Gasteiger partial charge < -0.3 is 14.9 Å². The molecular formula is C11H14N2O2. The summed E-state index contributed by atoms with van der Waals surface area (Å²) in [5.41, 5.74) is 1.67. The molecule has 4 nitrogen and oxygen atoms in total. The van der Waals surface area contributed by atoms with Crippen molar-refractivity contribution >= 4 is 12.6 Å². The predicted octanol–water partition coefficient (Wildman–Crippen LogP) is 2.24. The summed E-state index contributed by atoms with van der Waals surface area (Å²) in [7, 11) is 1.53. The first kappa shape index (κ1) is 11.2. The number of benzene rings is 1. The van der Waals surface area contributed by atoms with Crippen LogP contribution in [-0.2, 0) is 6.42 Å². The molecule has 0 aliphatic rings. The lowest BCUT2D eigenvalue weighted by molar-refractivity contribution is 0.392. The van der Waals surface area contributed by atoms with Crippen LogP contribution in [0.4, 0.5) is 0 Å². The first-order valence-corrected chi connectivity index (χ1v) is 4.64. The molecule has 1 rings (SSSR count). The summed E-state index contributed by atoms with van der Waals surface area (Å²) < 4.78 is 10.2. The van der Waals surface area contributed by atoms with E-state index in [0.29, 0.717) is 17.1 Å². The third-order valence-corrected chi connectivity index (χ3v) is 2.17. The summed E-state index contributed by atoms with van der Waals surface area (Å²) in [6.45, 7) is 2.00. The van der Waals surface area contributed by atoms with Crippen LogP contribution in [0.1, 0.15) is 18.1 Å². The maximum absolute atomic E-state index is 7.34. The zero-order chi connectivity index (χ0) is 11.3. The van der Waals surface area contributed by atoms with Crippen molar-refractivity contribution in [1.82, 2.24) is 0 Å². The third-order valence-electron chi connectivity index (χ3n) is 2.17. The fourth-order valence-corrected chi connectivity index (χ4v) is 1.43. The van der Waals surface area contributed by atoms with Crippen molar-refractivity contribution < 1.29 is 9.47 Å². The Bertz CT molecular complexity index is 375. The highest BCUT2D eigenvalue weighted by Gasteiger charge is 2.12. The minimum absolute atomic E-state index is 0.432. The normalized spacial score (nSPS) is 9.47. The molecule has 0 saturated carbocycles. The molecule has 0 spiro atoms. The van der Waals surface area contributed by atoms with E-state index in [9.17, 15) is 0 Å². The van der Waals surface area contributed by atoms with Crippen LogP contribution in [0.15, 0.2) is 12.1 Å². The third kappa shape index (κ3) is 2.15. The molecule has 0 aromatic heterocycles. The second kappa shape index (κ2) is 5.14. The molecule has 0 fully saturated rings. The van der Waals surface area contributed by atoms with E-state index in [0.717, 1.165) is 18.4 Å². The molecule has 0 aliphatic carbocycles. The van der Waals surface area contributed by atoms with Gasteiger partial charge in [-0.1, -0.05) is 13.0 Å². The molecule has 0 bridgehead atoms. The van der Waals surface area contributed by atoms with Crippen molar-refractivity contribution in [3.63, 3.8) is 0 Å². The summed E-state index contributed by atoms with van der Waals surface area (Å²) >= 11 is 0. The second-order valence-corrected chi connectivity index (χ2v) is 2.90. The topological polar surface area (TPSA) is 66.2 Å². The van der Waals surface area contributed by atoms with Gasteiger partial charge >= 0.3 is 0 Å². The number of ether oxygens (including phenoxy) is 2. The zero-order valence-corrected chi connectivity index (χ0v) is 8.83. The van der Waals surface area contributed by atoms with Gasteiger partial charge in [0, 0.05) is 11.8 Å². The fraction of sp³-hybridized carbons (Fsp3) is 0.273. The predicted molar refractivity (Wildman–Crippen MR) is 59.7 cm³/mol. The van der Waals surface area contributed by atoms with E-state index in [1.807, 2.05) is 13.0 Å². The number of hydrogen-bond donors (Lipinski definition) is 2. The van der Waals surface area contributed by atoms with Crippen LogP contribution in [0.3, 0.4) is 0 Å². The van der Waals surface area contributed by atoms with Crippen LogP contribution in [-0.4, -0.2) is 19.7 Å². The fourth-order valence-electron chi connectivity index (χ4n) is 1.43. The molecule has 4 heteroatoms. The van der Waals surface area contributed by atoms with Gasteiger partial charge in [-0.2, -0.15) is 0 Å². The monoisotopic (exact) mass is 206 g/mol. The van der Waals surface area contributed by atoms with Crippen LogP contribution in [0.25, 0.3) is 0 Å². The van der Waals surface area contributed by atoms with E-state index in [2.05, 4.69) is 0 Å². The highest BCUT2D eigenvalue weighted by atomic mass is 16.5. The Morgan fingerprint density at radius 1 is 1.33 bits per heavy atom. The molecule has 15 heavy (non-hydrogen) atoms. The first-order valence-electron chi connectivity index (χ1n) is 4.64. The van der Waals surface area contributed by atoms with Crippen LogP contribution in [0, 0.1) is 10.8 Å². The van der Waals surface area contributed by atoms with Crippen molar-refractivity contribution in [2.75, 3.05) is 7.11 Å². The van der Waals surface area contributed by atoms with Crippen molar-refractivity contribution in [1.29, 1.82) is 10.8 Å². The van der Waals surface area contributed by atoms with Gasteiger partial charge in [-0.3, -0.25) is 5.41 Å². The number of nitrogens with one attached hydrogen (secondary N) is 2. The van der Waals surface area contributed by atoms with Gasteiger partial charge in [0.15, 0.2) is 17.9 Å². The van der Waals surface area contributed by atoms with Crippen molar-refractivity contribution in [2.24, 2.45) is 0 Å². The summed E-state index contributed by atoms with van der Waals surface area (Å²) in [5.74, 6) is 0.969. The quantitative estimate of drug-likeness (QED) is 0.573.